The third-order valence-corrected chi connectivity index (χ3v) is 5.11. The van der Waals surface area contributed by atoms with Crippen LogP contribution in [0.25, 0.3) is 5.57 Å². The largest absolute Gasteiger partial charge is 0.366 e. The average molecular weight is 323 g/mol. The van der Waals surface area contributed by atoms with Crippen molar-refractivity contribution in [2.24, 2.45) is 5.73 Å². The summed E-state index contributed by atoms with van der Waals surface area (Å²) < 4.78 is 0. The minimum absolute atomic E-state index is 0.115. The fourth-order valence-corrected chi connectivity index (χ4v) is 3.40. The minimum Gasteiger partial charge on any atom is -0.366 e. The van der Waals surface area contributed by atoms with Gasteiger partial charge in [0.15, 0.2) is 0 Å². The third kappa shape index (κ3) is 3.69. The molecule has 24 heavy (non-hydrogen) atoms. The number of nitrogens with two attached hydrogens (primary N) is 1. The Morgan fingerprint density at radius 2 is 1.62 bits per heavy atom. The SMILES string of the molecule is CC=CC=CC=C(C(N)=O)c1ccc2c(c1)C(C)(C)CCC2(C)C. The predicted octanol–water partition coefficient (Wildman–Crippen LogP) is 5.04. The second-order valence-electron chi connectivity index (χ2n) is 7.88. The van der Waals surface area contributed by atoms with E-state index >= 15 is 0 Å². The third-order valence-electron chi connectivity index (χ3n) is 5.11. The number of hydrogen-bond donors (Lipinski definition) is 1. The van der Waals surface area contributed by atoms with Gasteiger partial charge in [0.05, 0.1) is 0 Å². The molecule has 0 unspecified atom stereocenters. The van der Waals surface area contributed by atoms with Gasteiger partial charge in [-0.3, -0.25) is 4.79 Å². The van der Waals surface area contributed by atoms with Crippen molar-refractivity contribution in [1.29, 1.82) is 0 Å². The van der Waals surface area contributed by atoms with E-state index < -0.39 is 5.91 Å². The van der Waals surface area contributed by atoms with Crippen LogP contribution < -0.4 is 5.73 Å². The van der Waals surface area contributed by atoms with Gasteiger partial charge in [-0.25, -0.2) is 0 Å². The highest BCUT2D eigenvalue weighted by Crippen LogP contribution is 2.46. The molecule has 0 radical (unpaired) electrons. The molecule has 128 valence electrons. The van der Waals surface area contributed by atoms with Crippen LogP contribution in [0.3, 0.4) is 0 Å². The van der Waals surface area contributed by atoms with Crippen molar-refractivity contribution in [2.75, 3.05) is 0 Å². The van der Waals surface area contributed by atoms with Gasteiger partial charge in [0.1, 0.15) is 0 Å². The molecule has 0 spiro atoms. The molecule has 1 amide bonds. The first kappa shape index (κ1) is 18.3. The van der Waals surface area contributed by atoms with Crippen molar-refractivity contribution in [3.05, 3.63) is 65.3 Å². The molecule has 2 heteroatoms. The Kier molecular flexibility index (Phi) is 5.17. The number of carbonyl (C=O) groups excluding carboxylic acids is 1. The Bertz CT molecular complexity index is 717. The molecule has 1 aromatic rings. The maximum absolute atomic E-state index is 11.9. The minimum atomic E-state index is -0.395. The number of amides is 1. The fraction of sp³-hybridized carbons (Fsp3) is 0.409. The van der Waals surface area contributed by atoms with Gasteiger partial charge in [-0.2, -0.15) is 0 Å². The van der Waals surface area contributed by atoms with Crippen LogP contribution in [-0.4, -0.2) is 5.91 Å². The quantitative estimate of drug-likeness (QED) is 0.612. The maximum Gasteiger partial charge on any atom is 0.249 e. The summed E-state index contributed by atoms with van der Waals surface area (Å²) >= 11 is 0. The Morgan fingerprint density at radius 1 is 1.00 bits per heavy atom. The van der Waals surface area contributed by atoms with Crippen molar-refractivity contribution in [2.45, 2.75) is 58.3 Å². The topological polar surface area (TPSA) is 43.1 Å². The lowest BCUT2D eigenvalue weighted by atomic mass is 9.63. The van der Waals surface area contributed by atoms with Gasteiger partial charge < -0.3 is 5.73 Å². The molecule has 1 aliphatic carbocycles. The lowest BCUT2D eigenvalue weighted by Gasteiger charge is -2.42. The Morgan fingerprint density at radius 3 is 2.21 bits per heavy atom. The zero-order valence-corrected chi connectivity index (χ0v) is 15.5. The van der Waals surface area contributed by atoms with Crippen molar-refractivity contribution < 1.29 is 4.79 Å². The summed E-state index contributed by atoms with van der Waals surface area (Å²) in [5.41, 5.74) is 10.1. The van der Waals surface area contributed by atoms with Crippen molar-refractivity contribution in [1.82, 2.24) is 0 Å². The highest BCUT2D eigenvalue weighted by Gasteiger charge is 2.37. The molecule has 1 aliphatic rings. The highest BCUT2D eigenvalue weighted by atomic mass is 16.1. The maximum atomic E-state index is 11.9. The lowest BCUT2D eigenvalue weighted by molar-refractivity contribution is -0.112. The van der Waals surface area contributed by atoms with E-state index in [1.807, 2.05) is 37.3 Å². The summed E-state index contributed by atoms with van der Waals surface area (Å²) in [6, 6.07) is 6.37. The van der Waals surface area contributed by atoms with E-state index in [9.17, 15) is 4.79 Å². The van der Waals surface area contributed by atoms with Crippen LogP contribution in [0.5, 0.6) is 0 Å². The Balaban J connectivity index is 2.54. The Labute approximate surface area is 146 Å². The van der Waals surface area contributed by atoms with E-state index in [4.69, 9.17) is 5.73 Å². The first-order valence-electron chi connectivity index (χ1n) is 8.64. The second-order valence-corrected chi connectivity index (χ2v) is 7.88. The van der Waals surface area contributed by atoms with Gasteiger partial charge in [0.2, 0.25) is 5.91 Å². The van der Waals surface area contributed by atoms with Gasteiger partial charge >= 0.3 is 0 Å². The van der Waals surface area contributed by atoms with E-state index in [0.717, 1.165) is 12.0 Å². The van der Waals surface area contributed by atoms with Crippen molar-refractivity contribution >= 4 is 11.5 Å². The molecule has 0 aliphatic heterocycles. The standard InChI is InChI=1S/C22H29NO/c1-6-7-8-9-10-17(20(23)24)16-11-12-18-19(15-16)22(4,5)14-13-21(18,2)3/h6-12,15H,13-14H2,1-5H3,(H2,23,24). The number of primary amides is 1. The summed E-state index contributed by atoms with van der Waals surface area (Å²) in [5, 5.41) is 0. The summed E-state index contributed by atoms with van der Waals surface area (Å²) in [6.07, 6.45) is 11.7. The van der Waals surface area contributed by atoms with Gasteiger partial charge in [-0.15, -0.1) is 0 Å². The number of rotatable bonds is 4. The second kappa shape index (κ2) is 6.80. The molecular formula is C22H29NO. The van der Waals surface area contributed by atoms with E-state index in [0.29, 0.717) is 5.57 Å². The summed E-state index contributed by atoms with van der Waals surface area (Å²) in [7, 11) is 0. The molecule has 0 saturated heterocycles. The Hall–Kier alpha value is -2.09. The number of allylic oxidation sites excluding steroid dienone is 5. The average Bonchev–Trinajstić information content (AvgIpc) is 2.51. The zero-order valence-electron chi connectivity index (χ0n) is 15.5. The molecule has 0 atom stereocenters. The van der Waals surface area contributed by atoms with Gasteiger partial charge in [-0.05, 0) is 53.4 Å². The fourth-order valence-electron chi connectivity index (χ4n) is 3.40. The summed E-state index contributed by atoms with van der Waals surface area (Å²) in [6.45, 7) is 11.1. The molecule has 0 bridgehead atoms. The number of fused-ring (bicyclic) bond motifs is 1. The molecule has 0 saturated carbocycles. The molecule has 2 nitrogen and oxygen atoms in total. The normalized spacial score (nSPS) is 19.6. The molecule has 0 aromatic heterocycles. The highest BCUT2D eigenvalue weighted by molar-refractivity contribution is 6.19. The monoisotopic (exact) mass is 323 g/mol. The lowest BCUT2D eigenvalue weighted by Crippen LogP contribution is -2.34. The summed E-state index contributed by atoms with van der Waals surface area (Å²) in [5.74, 6) is -0.395. The molecule has 1 aromatic carbocycles. The van der Waals surface area contributed by atoms with Crippen LogP contribution in [0.4, 0.5) is 0 Å². The molecule has 2 rings (SSSR count). The van der Waals surface area contributed by atoms with Crippen LogP contribution in [0.2, 0.25) is 0 Å². The smallest absolute Gasteiger partial charge is 0.249 e. The summed E-state index contributed by atoms with van der Waals surface area (Å²) in [4.78, 5) is 11.9. The molecular weight excluding hydrogens is 294 g/mol. The number of hydrogen-bond acceptors (Lipinski definition) is 1. The van der Waals surface area contributed by atoms with Crippen molar-refractivity contribution in [3.8, 4) is 0 Å². The van der Waals surface area contributed by atoms with E-state index in [-0.39, 0.29) is 10.8 Å². The van der Waals surface area contributed by atoms with Gasteiger partial charge in [0.25, 0.3) is 0 Å². The van der Waals surface area contributed by atoms with Crippen LogP contribution >= 0.6 is 0 Å². The molecule has 2 N–H and O–H groups in total. The first-order valence-corrected chi connectivity index (χ1v) is 8.64. The number of carbonyl (C=O) groups is 1. The number of benzene rings is 1. The van der Waals surface area contributed by atoms with Crippen LogP contribution in [0.1, 0.15) is 64.2 Å². The van der Waals surface area contributed by atoms with Crippen LogP contribution in [0, 0.1) is 0 Å². The molecule has 0 heterocycles. The van der Waals surface area contributed by atoms with E-state index in [2.05, 4.69) is 39.8 Å². The van der Waals surface area contributed by atoms with Crippen LogP contribution in [0.15, 0.2) is 48.6 Å². The van der Waals surface area contributed by atoms with Crippen LogP contribution in [-0.2, 0) is 15.6 Å². The molecule has 0 fully saturated rings. The van der Waals surface area contributed by atoms with Crippen molar-refractivity contribution in [3.63, 3.8) is 0 Å². The zero-order chi connectivity index (χ0) is 18.0. The van der Waals surface area contributed by atoms with E-state index in [1.54, 1.807) is 6.08 Å². The van der Waals surface area contributed by atoms with Gasteiger partial charge in [0, 0.05) is 5.57 Å². The van der Waals surface area contributed by atoms with Gasteiger partial charge in [-0.1, -0.05) is 70.2 Å². The predicted molar refractivity (Wildman–Crippen MR) is 103 cm³/mol. The van der Waals surface area contributed by atoms with E-state index in [1.165, 1.54) is 17.5 Å². The first-order chi connectivity index (χ1) is 11.2.